The van der Waals surface area contributed by atoms with Crippen molar-refractivity contribution in [3.63, 3.8) is 0 Å². The van der Waals surface area contributed by atoms with Crippen molar-refractivity contribution in [2.45, 2.75) is 32.9 Å². The Morgan fingerprint density at radius 1 is 1.15 bits per heavy atom. The van der Waals surface area contributed by atoms with Crippen molar-refractivity contribution >= 4 is 0 Å². The summed E-state index contributed by atoms with van der Waals surface area (Å²) in [7, 11) is 0. The first-order valence-corrected chi connectivity index (χ1v) is 6.80. The van der Waals surface area contributed by atoms with Crippen LogP contribution in [0.1, 0.15) is 36.7 Å². The summed E-state index contributed by atoms with van der Waals surface area (Å²) in [5.74, 6) is 0.198. The van der Waals surface area contributed by atoms with Crippen molar-refractivity contribution < 1.29 is 10.2 Å². The fourth-order valence-corrected chi connectivity index (χ4v) is 2.29. The summed E-state index contributed by atoms with van der Waals surface area (Å²) >= 11 is 0. The zero-order valence-electron chi connectivity index (χ0n) is 11.8. The van der Waals surface area contributed by atoms with E-state index in [9.17, 15) is 10.2 Å². The number of rotatable bonds is 5. The minimum absolute atomic E-state index is 0.0988. The lowest BCUT2D eigenvalue weighted by molar-refractivity contribution is 0.417. The molecule has 0 amide bonds. The second-order valence-electron chi connectivity index (χ2n) is 4.78. The maximum atomic E-state index is 9.84. The molecule has 0 spiro atoms. The van der Waals surface area contributed by atoms with Crippen LogP contribution >= 0.6 is 0 Å². The monoisotopic (exact) mass is 272 g/mol. The van der Waals surface area contributed by atoms with Crippen LogP contribution < -0.4 is 5.32 Å². The summed E-state index contributed by atoms with van der Waals surface area (Å²) in [6, 6.07) is 8.60. The SMILES string of the molecule is CCc1cccnc1CNC(C)c1c(O)cccc1O. The van der Waals surface area contributed by atoms with Crippen LogP contribution in [-0.2, 0) is 13.0 Å². The number of nitrogens with one attached hydrogen (secondary N) is 1. The number of hydrogen-bond acceptors (Lipinski definition) is 4. The van der Waals surface area contributed by atoms with Crippen molar-refractivity contribution in [3.8, 4) is 11.5 Å². The number of aryl methyl sites for hydroxylation is 1. The standard InChI is InChI=1S/C16H20N2O2/c1-3-12-6-5-9-17-13(12)10-18-11(2)16-14(19)7-4-8-15(16)20/h4-9,11,18-20H,3,10H2,1-2H3. The van der Waals surface area contributed by atoms with Gasteiger partial charge in [0.05, 0.1) is 11.3 Å². The number of nitrogens with zero attached hydrogens (tertiary/aromatic N) is 1. The van der Waals surface area contributed by atoms with Gasteiger partial charge in [-0.2, -0.15) is 0 Å². The summed E-state index contributed by atoms with van der Waals surface area (Å²) < 4.78 is 0. The third-order valence-electron chi connectivity index (χ3n) is 3.43. The van der Waals surface area contributed by atoms with Gasteiger partial charge in [0.2, 0.25) is 0 Å². The highest BCUT2D eigenvalue weighted by atomic mass is 16.3. The van der Waals surface area contributed by atoms with Gasteiger partial charge in [-0.25, -0.2) is 0 Å². The first-order valence-electron chi connectivity index (χ1n) is 6.80. The molecule has 4 nitrogen and oxygen atoms in total. The molecule has 1 heterocycles. The molecule has 2 rings (SSSR count). The van der Waals surface area contributed by atoms with Gasteiger partial charge in [0.1, 0.15) is 11.5 Å². The molecular weight excluding hydrogens is 252 g/mol. The molecule has 1 aromatic heterocycles. The van der Waals surface area contributed by atoms with Gasteiger partial charge in [0, 0.05) is 18.8 Å². The minimum atomic E-state index is -0.164. The van der Waals surface area contributed by atoms with E-state index in [0.717, 1.165) is 12.1 Å². The molecule has 0 aliphatic heterocycles. The van der Waals surface area contributed by atoms with Gasteiger partial charge in [-0.1, -0.05) is 19.1 Å². The van der Waals surface area contributed by atoms with E-state index in [-0.39, 0.29) is 17.5 Å². The van der Waals surface area contributed by atoms with Crippen molar-refractivity contribution in [3.05, 3.63) is 53.3 Å². The van der Waals surface area contributed by atoms with Crippen molar-refractivity contribution in [2.24, 2.45) is 0 Å². The molecule has 0 fully saturated rings. The van der Waals surface area contributed by atoms with Gasteiger partial charge >= 0.3 is 0 Å². The fourth-order valence-electron chi connectivity index (χ4n) is 2.29. The molecule has 0 bridgehead atoms. The molecule has 1 aromatic carbocycles. The summed E-state index contributed by atoms with van der Waals surface area (Å²) in [6.45, 7) is 4.60. The zero-order valence-corrected chi connectivity index (χ0v) is 11.8. The maximum Gasteiger partial charge on any atom is 0.124 e. The highest BCUT2D eigenvalue weighted by molar-refractivity contribution is 5.44. The molecule has 20 heavy (non-hydrogen) atoms. The highest BCUT2D eigenvalue weighted by Gasteiger charge is 2.15. The van der Waals surface area contributed by atoms with E-state index in [1.54, 1.807) is 24.4 Å². The lowest BCUT2D eigenvalue weighted by Crippen LogP contribution is -2.20. The van der Waals surface area contributed by atoms with E-state index >= 15 is 0 Å². The van der Waals surface area contributed by atoms with Crippen LogP contribution in [0.25, 0.3) is 0 Å². The van der Waals surface area contributed by atoms with Crippen LogP contribution in [0.2, 0.25) is 0 Å². The molecule has 0 aliphatic carbocycles. The van der Waals surface area contributed by atoms with Gasteiger partial charge in [-0.05, 0) is 37.1 Å². The first-order chi connectivity index (χ1) is 9.63. The van der Waals surface area contributed by atoms with E-state index in [4.69, 9.17) is 0 Å². The van der Waals surface area contributed by atoms with Crippen LogP contribution in [-0.4, -0.2) is 15.2 Å². The lowest BCUT2D eigenvalue weighted by Gasteiger charge is -2.17. The third kappa shape index (κ3) is 3.08. The Bertz CT molecular complexity index is 564. The van der Waals surface area contributed by atoms with Crippen molar-refractivity contribution in [1.82, 2.24) is 10.3 Å². The number of pyridine rings is 1. The fraction of sp³-hybridized carbons (Fsp3) is 0.312. The number of phenols is 2. The van der Waals surface area contributed by atoms with E-state index in [1.807, 2.05) is 13.0 Å². The number of aromatic nitrogens is 1. The van der Waals surface area contributed by atoms with Crippen LogP contribution in [0.3, 0.4) is 0 Å². The Hall–Kier alpha value is -2.07. The average molecular weight is 272 g/mol. The average Bonchev–Trinajstić information content (AvgIpc) is 2.45. The van der Waals surface area contributed by atoms with Gasteiger partial charge in [0.15, 0.2) is 0 Å². The maximum absolute atomic E-state index is 9.84. The highest BCUT2D eigenvalue weighted by Crippen LogP contribution is 2.32. The molecule has 2 aromatic rings. The predicted octanol–water partition coefficient (Wildman–Crippen LogP) is 2.91. The molecule has 0 radical (unpaired) electrons. The molecule has 3 N–H and O–H groups in total. The quantitative estimate of drug-likeness (QED) is 0.783. The second kappa shape index (κ2) is 6.39. The topological polar surface area (TPSA) is 65.4 Å². The summed E-state index contributed by atoms with van der Waals surface area (Å²) in [4.78, 5) is 4.37. The van der Waals surface area contributed by atoms with Gasteiger partial charge in [0.25, 0.3) is 0 Å². The van der Waals surface area contributed by atoms with E-state index in [2.05, 4.69) is 23.3 Å². The summed E-state index contributed by atoms with van der Waals surface area (Å²) in [5.41, 5.74) is 2.71. The van der Waals surface area contributed by atoms with Crippen molar-refractivity contribution in [1.29, 1.82) is 0 Å². The predicted molar refractivity (Wildman–Crippen MR) is 78.6 cm³/mol. The Morgan fingerprint density at radius 3 is 2.50 bits per heavy atom. The number of hydrogen-bond donors (Lipinski definition) is 3. The third-order valence-corrected chi connectivity index (χ3v) is 3.43. The Balaban J connectivity index is 2.11. The Morgan fingerprint density at radius 2 is 1.85 bits per heavy atom. The normalized spacial score (nSPS) is 12.3. The molecule has 4 heteroatoms. The van der Waals surface area contributed by atoms with Gasteiger partial charge in [-0.15, -0.1) is 0 Å². The largest absolute Gasteiger partial charge is 0.507 e. The zero-order chi connectivity index (χ0) is 14.5. The smallest absolute Gasteiger partial charge is 0.124 e. The van der Waals surface area contributed by atoms with Crippen LogP contribution in [0.4, 0.5) is 0 Å². The number of benzene rings is 1. The van der Waals surface area contributed by atoms with Gasteiger partial charge in [-0.3, -0.25) is 4.98 Å². The molecule has 1 atom stereocenters. The Kier molecular flexibility index (Phi) is 4.58. The molecule has 0 saturated heterocycles. The van der Waals surface area contributed by atoms with Gasteiger partial charge < -0.3 is 15.5 Å². The van der Waals surface area contributed by atoms with Crippen molar-refractivity contribution in [2.75, 3.05) is 0 Å². The van der Waals surface area contributed by atoms with E-state index in [0.29, 0.717) is 12.1 Å². The molecule has 0 saturated carbocycles. The number of phenolic OH excluding ortho intramolecular Hbond substituents is 2. The molecule has 1 unspecified atom stereocenters. The summed E-state index contributed by atoms with van der Waals surface area (Å²) in [5, 5.41) is 23.0. The van der Waals surface area contributed by atoms with Crippen LogP contribution in [0, 0.1) is 0 Å². The second-order valence-corrected chi connectivity index (χ2v) is 4.78. The van der Waals surface area contributed by atoms with Crippen LogP contribution in [0.15, 0.2) is 36.5 Å². The van der Waals surface area contributed by atoms with E-state index < -0.39 is 0 Å². The summed E-state index contributed by atoms with van der Waals surface area (Å²) in [6.07, 6.45) is 2.71. The first kappa shape index (κ1) is 14.3. The minimum Gasteiger partial charge on any atom is -0.507 e. The molecule has 0 aliphatic rings. The van der Waals surface area contributed by atoms with E-state index in [1.165, 1.54) is 5.56 Å². The molecular formula is C16H20N2O2. The molecule has 106 valence electrons. The number of aromatic hydroxyl groups is 2. The van der Waals surface area contributed by atoms with Crippen LogP contribution in [0.5, 0.6) is 11.5 Å². The lowest BCUT2D eigenvalue weighted by atomic mass is 10.1. The Labute approximate surface area is 119 Å².